The lowest BCUT2D eigenvalue weighted by atomic mass is 10.0. The van der Waals surface area contributed by atoms with Gasteiger partial charge in [-0.05, 0) is 25.3 Å². The largest absolute Gasteiger partial charge is 0.353 e. The predicted molar refractivity (Wildman–Crippen MR) is 53.2 cm³/mol. The lowest BCUT2D eigenvalue weighted by Gasteiger charge is -2.20. The summed E-state index contributed by atoms with van der Waals surface area (Å²) in [5.74, 6) is 0.743. The number of hydrogen-bond acceptors (Lipinski definition) is 2. The van der Waals surface area contributed by atoms with E-state index in [1.54, 1.807) is 0 Å². The van der Waals surface area contributed by atoms with Crippen molar-refractivity contribution < 1.29 is 4.79 Å². The highest BCUT2D eigenvalue weighted by molar-refractivity contribution is 5.78. The van der Waals surface area contributed by atoms with Crippen LogP contribution in [0.3, 0.4) is 0 Å². The number of nitrogens with two attached hydrogens (primary N) is 1. The van der Waals surface area contributed by atoms with Crippen LogP contribution in [0.25, 0.3) is 0 Å². The number of carbonyl (C=O) groups is 1. The molecule has 1 saturated carbocycles. The molecular weight excluding hydrogens is 164 g/mol. The van der Waals surface area contributed by atoms with Crippen molar-refractivity contribution in [3.63, 3.8) is 0 Å². The Labute approximate surface area is 80.1 Å². The Morgan fingerprint density at radius 2 is 2.23 bits per heavy atom. The van der Waals surface area contributed by atoms with Gasteiger partial charge in [0.25, 0.3) is 0 Å². The summed E-state index contributed by atoms with van der Waals surface area (Å²) < 4.78 is 0. The summed E-state index contributed by atoms with van der Waals surface area (Å²) >= 11 is 0. The molecule has 0 radical (unpaired) electrons. The molecule has 0 aromatic carbocycles. The zero-order chi connectivity index (χ0) is 9.84. The standard InChI is InChI=1S/C10H20N2O/c1-7(2)10(13)12-9-5-3-4-8(9)6-11/h7-9H,3-6,11H2,1-2H3,(H,12,13). The Morgan fingerprint density at radius 1 is 1.54 bits per heavy atom. The van der Waals surface area contributed by atoms with E-state index in [-0.39, 0.29) is 11.8 Å². The molecule has 0 aromatic heterocycles. The van der Waals surface area contributed by atoms with Gasteiger partial charge < -0.3 is 11.1 Å². The van der Waals surface area contributed by atoms with Crippen molar-refractivity contribution >= 4 is 5.91 Å². The Balaban J connectivity index is 2.39. The van der Waals surface area contributed by atoms with E-state index < -0.39 is 0 Å². The second kappa shape index (κ2) is 4.61. The van der Waals surface area contributed by atoms with E-state index in [1.807, 2.05) is 13.8 Å². The molecule has 1 amide bonds. The van der Waals surface area contributed by atoms with E-state index >= 15 is 0 Å². The molecule has 1 rings (SSSR count). The Morgan fingerprint density at radius 3 is 2.77 bits per heavy atom. The summed E-state index contributed by atoms with van der Waals surface area (Å²) in [6.45, 7) is 4.53. The molecule has 3 heteroatoms. The molecule has 1 aliphatic rings. The SMILES string of the molecule is CC(C)C(=O)NC1CCCC1CN. The maximum atomic E-state index is 11.4. The van der Waals surface area contributed by atoms with E-state index in [0.717, 1.165) is 6.42 Å². The summed E-state index contributed by atoms with van der Waals surface area (Å²) in [5.41, 5.74) is 5.62. The Bertz CT molecular complexity index is 180. The van der Waals surface area contributed by atoms with Gasteiger partial charge in [0.05, 0.1) is 0 Å². The Kier molecular flexibility index (Phi) is 3.72. The van der Waals surface area contributed by atoms with Crippen LogP contribution in [-0.4, -0.2) is 18.5 Å². The Hall–Kier alpha value is -0.570. The lowest BCUT2D eigenvalue weighted by Crippen LogP contribution is -2.41. The van der Waals surface area contributed by atoms with Gasteiger partial charge in [0.15, 0.2) is 0 Å². The predicted octanol–water partition coefficient (Wildman–Crippen LogP) is 0.886. The highest BCUT2D eigenvalue weighted by Gasteiger charge is 2.27. The molecular formula is C10H20N2O. The molecule has 2 unspecified atom stereocenters. The zero-order valence-corrected chi connectivity index (χ0v) is 8.55. The van der Waals surface area contributed by atoms with E-state index in [1.165, 1.54) is 12.8 Å². The second-order valence-corrected chi connectivity index (χ2v) is 4.20. The van der Waals surface area contributed by atoms with Gasteiger partial charge in [-0.15, -0.1) is 0 Å². The number of carbonyl (C=O) groups excluding carboxylic acids is 1. The number of amides is 1. The maximum absolute atomic E-state index is 11.4. The maximum Gasteiger partial charge on any atom is 0.222 e. The third kappa shape index (κ3) is 2.69. The molecule has 1 aliphatic carbocycles. The molecule has 0 bridgehead atoms. The van der Waals surface area contributed by atoms with Crippen molar-refractivity contribution in [3.8, 4) is 0 Å². The van der Waals surface area contributed by atoms with Crippen LogP contribution in [-0.2, 0) is 4.79 Å². The van der Waals surface area contributed by atoms with Crippen LogP contribution >= 0.6 is 0 Å². The molecule has 1 fully saturated rings. The molecule has 3 N–H and O–H groups in total. The van der Waals surface area contributed by atoms with Crippen LogP contribution in [0.15, 0.2) is 0 Å². The van der Waals surface area contributed by atoms with Gasteiger partial charge in [-0.2, -0.15) is 0 Å². The summed E-state index contributed by atoms with van der Waals surface area (Å²) in [5, 5.41) is 3.06. The second-order valence-electron chi connectivity index (χ2n) is 4.20. The van der Waals surface area contributed by atoms with Crippen molar-refractivity contribution in [1.82, 2.24) is 5.32 Å². The van der Waals surface area contributed by atoms with Crippen molar-refractivity contribution in [2.75, 3.05) is 6.54 Å². The number of nitrogens with one attached hydrogen (secondary N) is 1. The zero-order valence-electron chi connectivity index (χ0n) is 8.55. The molecule has 2 atom stereocenters. The quantitative estimate of drug-likeness (QED) is 0.684. The smallest absolute Gasteiger partial charge is 0.222 e. The summed E-state index contributed by atoms with van der Waals surface area (Å²) in [6.07, 6.45) is 3.46. The molecule has 0 saturated heterocycles. The van der Waals surface area contributed by atoms with Gasteiger partial charge in [0.2, 0.25) is 5.91 Å². The highest BCUT2D eigenvalue weighted by Crippen LogP contribution is 2.24. The van der Waals surface area contributed by atoms with Gasteiger partial charge >= 0.3 is 0 Å². The van der Waals surface area contributed by atoms with Crippen LogP contribution in [0, 0.1) is 11.8 Å². The fourth-order valence-electron chi connectivity index (χ4n) is 1.86. The average Bonchev–Trinajstić information content (AvgIpc) is 2.51. The first-order chi connectivity index (χ1) is 6.15. The number of rotatable bonds is 3. The van der Waals surface area contributed by atoms with Gasteiger partial charge in [0.1, 0.15) is 0 Å². The van der Waals surface area contributed by atoms with Crippen molar-refractivity contribution in [3.05, 3.63) is 0 Å². The summed E-state index contributed by atoms with van der Waals surface area (Å²) in [7, 11) is 0. The minimum Gasteiger partial charge on any atom is -0.353 e. The number of hydrogen-bond donors (Lipinski definition) is 2. The van der Waals surface area contributed by atoms with Gasteiger partial charge in [-0.25, -0.2) is 0 Å². The molecule has 0 aliphatic heterocycles. The first-order valence-corrected chi connectivity index (χ1v) is 5.15. The molecule has 3 nitrogen and oxygen atoms in total. The average molecular weight is 184 g/mol. The van der Waals surface area contributed by atoms with Crippen LogP contribution in [0.1, 0.15) is 33.1 Å². The molecule has 76 valence electrons. The fourth-order valence-corrected chi connectivity index (χ4v) is 1.86. The molecule has 13 heavy (non-hydrogen) atoms. The van der Waals surface area contributed by atoms with E-state index in [4.69, 9.17) is 5.73 Å². The van der Waals surface area contributed by atoms with Crippen molar-refractivity contribution in [2.45, 2.75) is 39.2 Å². The molecule has 0 spiro atoms. The summed E-state index contributed by atoms with van der Waals surface area (Å²) in [6, 6.07) is 0.333. The monoisotopic (exact) mass is 184 g/mol. The fraction of sp³-hybridized carbons (Fsp3) is 0.900. The van der Waals surface area contributed by atoms with Crippen molar-refractivity contribution in [1.29, 1.82) is 0 Å². The lowest BCUT2D eigenvalue weighted by molar-refractivity contribution is -0.124. The van der Waals surface area contributed by atoms with Crippen molar-refractivity contribution in [2.24, 2.45) is 17.6 Å². The van der Waals surface area contributed by atoms with Crippen LogP contribution in [0.2, 0.25) is 0 Å². The first-order valence-electron chi connectivity index (χ1n) is 5.15. The highest BCUT2D eigenvalue weighted by atomic mass is 16.1. The van der Waals surface area contributed by atoms with Crippen LogP contribution in [0.5, 0.6) is 0 Å². The minimum atomic E-state index is 0.0824. The van der Waals surface area contributed by atoms with Crippen LogP contribution < -0.4 is 11.1 Å². The third-order valence-electron chi connectivity index (χ3n) is 2.81. The van der Waals surface area contributed by atoms with Gasteiger partial charge in [0, 0.05) is 12.0 Å². The normalized spacial score (nSPS) is 28.0. The van der Waals surface area contributed by atoms with Gasteiger partial charge in [-0.1, -0.05) is 20.3 Å². The van der Waals surface area contributed by atoms with Crippen LogP contribution in [0.4, 0.5) is 0 Å². The van der Waals surface area contributed by atoms with E-state index in [9.17, 15) is 4.79 Å². The topological polar surface area (TPSA) is 55.1 Å². The van der Waals surface area contributed by atoms with E-state index in [0.29, 0.717) is 18.5 Å². The first kappa shape index (κ1) is 10.5. The molecule has 0 aromatic rings. The van der Waals surface area contributed by atoms with Gasteiger partial charge in [-0.3, -0.25) is 4.79 Å². The van der Waals surface area contributed by atoms with E-state index in [2.05, 4.69) is 5.32 Å². The minimum absolute atomic E-state index is 0.0824. The molecule has 0 heterocycles. The third-order valence-corrected chi connectivity index (χ3v) is 2.81. The summed E-state index contributed by atoms with van der Waals surface area (Å²) in [4.78, 5) is 11.4.